The Morgan fingerprint density at radius 3 is 2.34 bits per heavy atom. The van der Waals surface area contributed by atoms with Gasteiger partial charge in [-0.15, -0.1) is 4.74 Å². The van der Waals surface area contributed by atoms with Crippen LogP contribution in [0.15, 0.2) is 86.9 Å². The van der Waals surface area contributed by atoms with Gasteiger partial charge in [-0.1, -0.05) is 54.1 Å². The number of halogens is 1. The van der Waals surface area contributed by atoms with E-state index in [1.807, 2.05) is 72.8 Å². The van der Waals surface area contributed by atoms with E-state index in [2.05, 4.69) is 4.98 Å². The third-order valence-electron chi connectivity index (χ3n) is 4.37. The van der Waals surface area contributed by atoms with E-state index < -0.39 is 11.4 Å². The number of hydrogen-bond acceptors (Lipinski definition) is 4. The van der Waals surface area contributed by atoms with Gasteiger partial charge in [0.05, 0.1) is 6.54 Å². The Kier molecular flexibility index (Phi) is 5.35. The van der Waals surface area contributed by atoms with Gasteiger partial charge in [-0.05, 0) is 52.6 Å². The summed E-state index contributed by atoms with van der Waals surface area (Å²) in [5.41, 5.74) is 3.23. The molecule has 0 aliphatic heterocycles. The van der Waals surface area contributed by atoms with E-state index in [1.165, 1.54) is 0 Å². The van der Waals surface area contributed by atoms with Crippen molar-refractivity contribution < 1.29 is 9.26 Å². The van der Waals surface area contributed by atoms with Gasteiger partial charge >= 0.3 is 11.4 Å². The molecule has 1 aromatic heterocycles. The average molecular weight is 409 g/mol. The smallest absolute Gasteiger partial charge is 0.440 e. The second-order valence-electron chi connectivity index (χ2n) is 6.49. The molecule has 3 aromatic carbocycles. The van der Waals surface area contributed by atoms with Crippen LogP contribution in [0.25, 0.3) is 11.1 Å². The summed E-state index contributed by atoms with van der Waals surface area (Å²) in [6.07, 6.45) is 0. The van der Waals surface area contributed by atoms with E-state index in [1.54, 1.807) is 0 Å². The molecule has 0 saturated carbocycles. The summed E-state index contributed by atoms with van der Waals surface area (Å²) in [6, 6.07) is 23.0. The molecule has 6 nitrogen and oxygen atoms in total. The number of ether oxygens (including phenoxy) is 1. The molecule has 7 heteroatoms. The summed E-state index contributed by atoms with van der Waals surface area (Å²) in [6.45, 7) is 0.605. The summed E-state index contributed by atoms with van der Waals surface area (Å²) >= 11 is 5.91. The third kappa shape index (κ3) is 4.67. The van der Waals surface area contributed by atoms with Crippen LogP contribution in [-0.2, 0) is 13.2 Å². The van der Waals surface area contributed by atoms with E-state index in [0.717, 1.165) is 32.7 Å². The highest BCUT2D eigenvalue weighted by Gasteiger charge is 2.06. The Hall–Kier alpha value is -3.51. The first kappa shape index (κ1) is 18.8. The van der Waals surface area contributed by atoms with Gasteiger partial charge in [0.15, 0.2) is 0 Å². The molecule has 0 bridgehead atoms. The Balaban J connectivity index is 1.51. The first-order chi connectivity index (χ1) is 14.1. The van der Waals surface area contributed by atoms with Crippen molar-refractivity contribution in [1.82, 2.24) is 9.72 Å². The minimum absolute atomic E-state index is 0.165. The second-order valence-corrected chi connectivity index (χ2v) is 6.93. The molecule has 0 amide bonds. The number of benzene rings is 3. The second kappa shape index (κ2) is 8.24. The normalized spacial score (nSPS) is 10.8. The predicted octanol–water partition coefficient (Wildman–Crippen LogP) is 4.08. The van der Waals surface area contributed by atoms with Crippen LogP contribution in [0.5, 0.6) is 5.75 Å². The van der Waals surface area contributed by atoms with E-state index in [-0.39, 0.29) is 6.54 Å². The van der Waals surface area contributed by atoms with Crippen molar-refractivity contribution in [3.8, 4) is 16.9 Å². The van der Waals surface area contributed by atoms with Crippen molar-refractivity contribution >= 4 is 11.6 Å². The highest BCUT2D eigenvalue weighted by Crippen LogP contribution is 2.25. The molecule has 29 heavy (non-hydrogen) atoms. The number of aromatic nitrogens is 2. The van der Waals surface area contributed by atoms with Gasteiger partial charge in [0.1, 0.15) is 12.4 Å². The van der Waals surface area contributed by atoms with Gasteiger partial charge < -0.3 is 9.26 Å². The van der Waals surface area contributed by atoms with Crippen molar-refractivity contribution in [2.24, 2.45) is 0 Å². The highest BCUT2D eigenvalue weighted by atomic mass is 35.5. The molecule has 0 atom stereocenters. The van der Waals surface area contributed by atoms with Crippen LogP contribution < -0.4 is 16.2 Å². The molecule has 146 valence electrons. The SMILES string of the molecule is O=c1[nH]c(=O)n(Cc2cccc(-c3cccc(OCc4ccc(Cl)cc4)c3)c2)o1. The lowest BCUT2D eigenvalue weighted by molar-refractivity contribution is 0.258. The minimum atomic E-state index is -0.767. The molecule has 4 rings (SSSR count). The topological polar surface area (TPSA) is 77.2 Å². The molecule has 0 fully saturated rings. The van der Waals surface area contributed by atoms with Crippen LogP contribution in [0.3, 0.4) is 0 Å². The Bertz CT molecular complexity index is 1240. The maximum atomic E-state index is 11.6. The van der Waals surface area contributed by atoms with Crippen LogP contribution in [-0.4, -0.2) is 9.72 Å². The van der Waals surface area contributed by atoms with E-state index >= 15 is 0 Å². The van der Waals surface area contributed by atoms with E-state index in [0.29, 0.717) is 11.6 Å². The molecule has 0 aliphatic rings. The van der Waals surface area contributed by atoms with Crippen LogP contribution in [0.4, 0.5) is 0 Å². The molecule has 1 heterocycles. The molecule has 0 spiro atoms. The van der Waals surface area contributed by atoms with Crippen molar-refractivity contribution in [3.05, 3.63) is 110 Å². The van der Waals surface area contributed by atoms with Crippen LogP contribution in [0.2, 0.25) is 5.02 Å². The average Bonchev–Trinajstić information content (AvgIpc) is 3.04. The lowest BCUT2D eigenvalue weighted by atomic mass is 10.0. The molecule has 4 aromatic rings. The largest absolute Gasteiger partial charge is 0.489 e. The summed E-state index contributed by atoms with van der Waals surface area (Å²) in [5, 5.41) is 0.691. The Morgan fingerprint density at radius 2 is 1.62 bits per heavy atom. The Morgan fingerprint density at radius 1 is 0.897 bits per heavy atom. The number of aromatic amines is 1. The lowest BCUT2D eigenvalue weighted by Gasteiger charge is -2.09. The van der Waals surface area contributed by atoms with E-state index in [9.17, 15) is 9.59 Å². The summed E-state index contributed by atoms with van der Waals surface area (Å²) in [4.78, 5) is 24.9. The highest BCUT2D eigenvalue weighted by molar-refractivity contribution is 6.30. The van der Waals surface area contributed by atoms with Crippen molar-refractivity contribution in [3.63, 3.8) is 0 Å². The fraction of sp³-hybridized carbons (Fsp3) is 0.0909. The maximum absolute atomic E-state index is 11.6. The monoisotopic (exact) mass is 408 g/mol. The quantitative estimate of drug-likeness (QED) is 0.521. The van der Waals surface area contributed by atoms with E-state index in [4.69, 9.17) is 20.9 Å². The number of H-pyrrole nitrogens is 1. The molecule has 0 saturated heterocycles. The van der Waals surface area contributed by atoms with Crippen molar-refractivity contribution in [1.29, 1.82) is 0 Å². The van der Waals surface area contributed by atoms with Gasteiger partial charge in [0.25, 0.3) is 0 Å². The molecular formula is C22H17ClN2O4. The molecule has 1 N–H and O–H groups in total. The van der Waals surface area contributed by atoms with Gasteiger partial charge in [-0.2, -0.15) is 0 Å². The lowest BCUT2D eigenvalue weighted by Crippen LogP contribution is -2.17. The number of nitrogens with one attached hydrogen (secondary N) is 1. The van der Waals surface area contributed by atoms with Crippen LogP contribution >= 0.6 is 11.6 Å². The third-order valence-corrected chi connectivity index (χ3v) is 4.62. The Labute approximate surface area is 170 Å². The number of nitrogens with zero attached hydrogens (tertiary/aromatic N) is 1. The minimum Gasteiger partial charge on any atom is -0.489 e. The molecule has 0 aliphatic carbocycles. The van der Waals surface area contributed by atoms with Crippen LogP contribution in [0, 0.1) is 0 Å². The van der Waals surface area contributed by atoms with Gasteiger partial charge in [0.2, 0.25) is 0 Å². The fourth-order valence-electron chi connectivity index (χ4n) is 2.95. The predicted molar refractivity (Wildman–Crippen MR) is 110 cm³/mol. The number of hydrogen-bond donors (Lipinski definition) is 1. The zero-order valence-corrected chi connectivity index (χ0v) is 16.1. The fourth-order valence-corrected chi connectivity index (χ4v) is 3.07. The van der Waals surface area contributed by atoms with Gasteiger partial charge in [-0.3, -0.25) is 0 Å². The standard InChI is InChI=1S/C22H17ClN2O4/c23-19-9-7-15(8-10-19)14-28-20-6-2-5-18(12-20)17-4-1-3-16(11-17)13-25-21(26)24-22(27)29-25/h1-12H,13-14H2,(H,24,26,27). The van der Waals surface area contributed by atoms with Gasteiger partial charge in [-0.25, -0.2) is 14.6 Å². The van der Waals surface area contributed by atoms with Crippen LogP contribution in [0.1, 0.15) is 11.1 Å². The summed E-state index contributed by atoms with van der Waals surface area (Å²) in [5.74, 6) is -0.0209. The first-order valence-electron chi connectivity index (χ1n) is 8.94. The zero-order valence-electron chi connectivity index (χ0n) is 15.3. The first-order valence-corrected chi connectivity index (χ1v) is 9.32. The van der Waals surface area contributed by atoms with Crippen molar-refractivity contribution in [2.45, 2.75) is 13.2 Å². The summed E-state index contributed by atoms with van der Waals surface area (Å²) < 4.78 is 11.7. The summed E-state index contributed by atoms with van der Waals surface area (Å²) in [7, 11) is 0. The number of rotatable bonds is 6. The van der Waals surface area contributed by atoms with Gasteiger partial charge in [0, 0.05) is 5.02 Å². The molecular weight excluding hydrogens is 392 g/mol. The maximum Gasteiger partial charge on any atom is 0.440 e. The zero-order chi connectivity index (χ0) is 20.2. The molecule has 0 unspecified atom stereocenters. The molecule has 0 radical (unpaired) electrons. The van der Waals surface area contributed by atoms with Crippen molar-refractivity contribution in [2.75, 3.05) is 0 Å².